The maximum atomic E-state index is 9.41. The van der Waals surface area contributed by atoms with Gasteiger partial charge in [0.25, 0.3) is 0 Å². The van der Waals surface area contributed by atoms with Crippen molar-refractivity contribution in [2.45, 2.75) is 0 Å². The summed E-state index contributed by atoms with van der Waals surface area (Å²) in [5.74, 6) is 0. The van der Waals surface area contributed by atoms with Crippen molar-refractivity contribution in [1.29, 1.82) is 0 Å². The summed E-state index contributed by atoms with van der Waals surface area (Å²) in [6.45, 7) is 0.0568. The van der Waals surface area contributed by atoms with Gasteiger partial charge in [0.1, 0.15) is 0 Å². The minimum absolute atomic E-state index is 0.0568. The highest BCUT2D eigenvalue weighted by atomic mass is 28.3. The molecule has 0 heterocycles. The Morgan fingerprint density at radius 2 is 0.957 bits per heavy atom. The van der Waals surface area contributed by atoms with E-state index in [1.165, 1.54) is 15.6 Å². The molecule has 0 aliphatic rings. The van der Waals surface area contributed by atoms with Gasteiger partial charge >= 0.3 is 0 Å². The molecule has 0 aliphatic heterocycles. The standard InChI is InChI=1S/C21H20OSi/c22-17-10-18-23(19-11-4-1-5-12-19,20-13-6-2-7-14-20)21-15-8-3-9-16-21/h1-16,18,22H,17H2. The highest BCUT2D eigenvalue weighted by Crippen LogP contribution is 2.09. The van der Waals surface area contributed by atoms with Gasteiger partial charge in [-0.2, -0.15) is 0 Å². The zero-order chi connectivity index (χ0) is 16.0. The predicted octanol–water partition coefficient (Wildman–Crippen LogP) is 2.24. The molecule has 0 radical (unpaired) electrons. The molecule has 1 N–H and O–H groups in total. The molecule has 0 saturated heterocycles. The Balaban J connectivity index is 2.33. The zero-order valence-electron chi connectivity index (χ0n) is 13.0. The van der Waals surface area contributed by atoms with Gasteiger partial charge in [-0.1, -0.05) is 103 Å². The fourth-order valence-corrected chi connectivity index (χ4v) is 7.31. The number of aliphatic hydroxyl groups excluding tert-OH is 1. The molecule has 3 rings (SSSR count). The van der Waals surface area contributed by atoms with E-state index in [0.717, 1.165) is 0 Å². The molecule has 23 heavy (non-hydrogen) atoms. The molecule has 0 fully saturated rings. The lowest BCUT2D eigenvalue weighted by molar-refractivity contribution is 0.343. The number of rotatable bonds is 5. The van der Waals surface area contributed by atoms with Crippen LogP contribution in [0, 0.1) is 0 Å². The lowest BCUT2D eigenvalue weighted by atomic mass is 10.3. The van der Waals surface area contributed by atoms with E-state index in [9.17, 15) is 5.11 Å². The van der Waals surface area contributed by atoms with Crippen molar-refractivity contribution in [3.8, 4) is 0 Å². The molecule has 0 spiro atoms. The Morgan fingerprint density at radius 3 is 1.26 bits per heavy atom. The Kier molecular flexibility index (Phi) is 4.86. The second-order valence-corrected chi connectivity index (χ2v) is 9.17. The first-order valence-electron chi connectivity index (χ1n) is 7.83. The minimum atomic E-state index is -2.29. The van der Waals surface area contributed by atoms with Crippen LogP contribution in [0.3, 0.4) is 0 Å². The monoisotopic (exact) mass is 316 g/mol. The fourth-order valence-electron chi connectivity index (χ4n) is 3.12. The predicted molar refractivity (Wildman–Crippen MR) is 100 cm³/mol. The van der Waals surface area contributed by atoms with Crippen molar-refractivity contribution >= 4 is 23.6 Å². The van der Waals surface area contributed by atoms with E-state index >= 15 is 0 Å². The van der Waals surface area contributed by atoms with Gasteiger partial charge in [-0.05, 0) is 15.6 Å². The van der Waals surface area contributed by atoms with Crippen LogP contribution in [0.2, 0.25) is 0 Å². The smallest absolute Gasteiger partial charge is 0.172 e. The van der Waals surface area contributed by atoms with Crippen LogP contribution in [0.1, 0.15) is 0 Å². The Labute approximate surface area is 138 Å². The summed E-state index contributed by atoms with van der Waals surface area (Å²) in [5, 5.41) is 13.4. The maximum Gasteiger partial charge on any atom is 0.172 e. The van der Waals surface area contributed by atoms with Crippen LogP contribution in [-0.4, -0.2) is 19.8 Å². The van der Waals surface area contributed by atoms with Gasteiger partial charge in [0.15, 0.2) is 8.07 Å². The van der Waals surface area contributed by atoms with Crippen LogP contribution in [0.25, 0.3) is 0 Å². The van der Waals surface area contributed by atoms with Gasteiger partial charge in [-0.3, -0.25) is 0 Å². The lowest BCUT2D eigenvalue weighted by Gasteiger charge is -2.30. The Morgan fingerprint density at radius 1 is 0.609 bits per heavy atom. The van der Waals surface area contributed by atoms with E-state index in [0.29, 0.717) is 0 Å². The Bertz CT molecular complexity index is 655. The number of hydrogen-bond acceptors (Lipinski definition) is 1. The molecule has 0 amide bonds. The van der Waals surface area contributed by atoms with Crippen molar-refractivity contribution in [1.82, 2.24) is 0 Å². The number of benzene rings is 3. The molecule has 1 nitrogen and oxygen atoms in total. The first-order valence-corrected chi connectivity index (χ1v) is 9.91. The molecule has 0 atom stereocenters. The molecular formula is C21H20OSi. The third-order valence-corrected chi connectivity index (χ3v) is 8.63. The highest BCUT2D eigenvalue weighted by Gasteiger charge is 2.36. The second-order valence-electron chi connectivity index (χ2n) is 5.49. The zero-order valence-corrected chi connectivity index (χ0v) is 14.0. The van der Waals surface area contributed by atoms with Crippen LogP contribution in [-0.2, 0) is 0 Å². The normalized spacial score (nSPS) is 11.7. The number of aliphatic hydroxyl groups is 1. The minimum Gasteiger partial charge on any atom is -0.392 e. The quantitative estimate of drug-likeness (QED) is 0.565. The molecule has 114 valence electrons. The topological polar surface area (TPSA) is 20.2 Å². The van der Waals surface area contributed by atoms with Crippen molar-refractivity contribution in [3.63, 3.8) is 0 Å². The molecule has 0 aromatic heterocycles. The van der Waals surface area contributed by atoms with E-state index in [1.54, 1.807) is 0 Å². The molecule has 0 unspecified atom stereocenters. The summed E-state index contributed by atoms with van der Waals surface area (Å²) in [7, 11) is -2.29. The summed E-state index contributed by atoms with van der Waals surface area (Å²) >= 11 is 0. The summed E-state index contributed by atoms with van der Waals surface area (Å²) in [6, 6.07) is 31.9. The maximum absolute atomic E-state index is 9.41. The van der Waals surface area contributed by atoms with E-state index in [1.807, 2.05) is 6.08 Å². The van der Waals surface area contributed by atoms with E-state index in [4.69, 9.17) is 0 Å². The summed E-state index contributed by atoms with van der Waals surface area (Å²) in [6.07, 6.45) is 1.89. The first kappa shape index (κ1) is 15.5. The molecule has 3 aromatic rings. The Hall–Kier alpha value is -2.42. The molecule has 0 saturated carbocycles. The average molecular weight is 316 g/mol. The van der Waals surface area contributed by atoms with Crippen molar-refractivity contribution in [2.24, 2.45) is 0 Å². The van der Waals surface area contributed by atoms with Gasteiger partial charge in [0.05, 0.1) is 6.61 Å². The van der Waals surface area contributed by atoms with Gasteiger partial charge in [-0.25, -0.2) is 0 Å². The molecule has 0 bridgehead atoms. The fraction of sp³-hybridized carbons (Fsp3) is 0.0476. The third kappa shape index (κ3) is 3.04. The van der Waals surface area contributed by atoms with Crippen LogP contribution < -0.4 is 15.6 Å². The van der Waals surface area contributed by atoms with Crippen molar-refractivity contribution < 1.29 is 5.11 Å². The summed E-state index contributed by atoms with van der Waals surface area (Å²) in [4.78, 5) is 0. The second kappa shape index (κ2) is 7.23. The van der Waals surface area contributed by atoms with E-state index in [-0.39, 0.29) is 6.61 Å². The molecule has 0 aliphatic carbocycles. The van der Waals surface area contributed by atoms with E-state index < -0.39 is 8.07 Å². The van der Waals surface area contributed by atoms with Crippen LogP contribution >= 0.6 is 0 Å². The third-order valence-electron chi connectivity index (χ3n) is 4.16. The van der Waals surface area contributed by atoms with Crippen molar-refractivity contribution in [2.75, 3.05) is 6.61 Å². The molecular weight excluding hydrogens is 296 g/mol. The lowest BCUT2D eigenvalue weighted by Crippen LogP contribution is -2.66. The molecule has 2 heteroatoms. The van der Waals surface area contributed by atoms with Crippen LogP contribution in [0.5, 0.6) is 0 Å². The molecule has 3 aromatic carbocycles. The highest BCUT2D eigenvalue weighted by molar-refractivity contribution is 7.14. The van der Waals surface area contributed by atoms with Crippen LogP contribution in [0.4, 0.5) is 0 Å². The van der Waals surface area contributed by atoms with Gasteiger partial charge in [-0.15, -0.1) is 0 Å². The summed E-state index contributed by atoms with van der Waals surface area (Å²) in [5.41, 5.74) is 2.24. The van der Waals surface area contributed by atoms with Gasteiger partial charge in [0.2, 0.25) is 0 Å². The summed E-state index contributed by atoms with van der Waals surface area (Å²) < 4.78 is 0. The largest absolute Gasteiger partial charge is 0.392 e. The van der Waals surface area contributed by atoms with Crippen LogP contribution in [0.15, 0.2) is 103 Å². The van der Waals surface area contributed by atoms with Crippen molar-refractivity contribution in [3.05, 3.63) is 103 Å². The van der Waals surface area contributed by atoms with Gasteiger partial charge in [0, 0.05) is 0 Å². The first-order chi connectivity index (χ1) is 11.4. The average Bonchev–Trinajstić information content (AvgIpc) is 2.65. The van der Waals surface area contributed by atoms with E-state index in [2.05, 4.69) is 96.7 Å². The SMILES string of the molecule is OCC=C[Si](c1ccccc1)(c1ccccc1)c1ccccc1. The number of hydrogen-bond donors (Lipinski definition) is 1. The van der Waals surface area contributed by atoms with Gasteiger partial charge < -0.3 is 5.11 Å².